The molecular formula is C14H17N5O5S2. The summed E-state index contributed by atoms with van der Waals surface area (Å²) in [6.45, 7) is 0.310. The van der Waals surface area contributed by atoms with E-state index in [1.165, 1.54) is 23.5 Å². The summed E-state index contributed by atoms with van der Waals surface area (Å²) >= 11 is 1.32. The van der Waals surface area contributed by atoms with E-state index in [4.69, 9.17) is 5.73 Å². The second-order valence-electron chi connectivity index (χ2n) is 5.04. The smallest absolute Gasteiger partial charge is 0.289 e. The molecule has 0 aliphatic rings. The van der Waals surface area contributed by atoms with Crippen LogP contribution in [0, 0.1) is 10.1 Å². The molecular weight excluding hydrogens is 382 g/mol. The number of sulfonamides is 1. The molecule has 140 valence electrons. The Morgan fingerprint density at radius 3 is 2.73 bits per heavy atom. The molecule has 26 heavy (non-hydrogen) atoms. The van der Waals surface area contributed by atoms with Crippen molar-refractivity contribution in [2.45, 2.75) is 11.3 Å². The van der Waals surface area contributed by atoms with Crippen molar-refractivity contribution in [3.05, 3.63) is 50.5 Å². The van der Waals surface area contributed by atoms with Gasteiger partial charge < -0.3 is 11.1 Å². The fourth-order valence-corrected chi connectivity index (χ4v) is 4.01. The van der Waals surface area contributed by atoms with Crippen LogP contribution < -0.4 is 15.8 Å². The van der Waals surface area contributed by atoms with Gasteiger partial charge >= 0.3 is 0 Å². The van der Waals surface area contributed by atoms with Crippen LogP contribution in [-0.4, -0.2) is 43.9 Å². The van der Waals surface area contributed by atoms with Crippen molar-refractivity contribution >= 4 is 33.0 Å². The molecule has 0 radical (unpaired) electrons. The molecule has 0 saturated heterocycles. The maximum absolute atomic E-state index is 12.2. The van der Waals surface area contributed by atoms with Crippen LogP contribution >= 0.6 is 11.3 Å². The molecule has 0 spiro atoms. The molecule has 0 aliphatic carbocycles. The molecule has 0 fully saturated rings. The first-order valence-electron chi connectivity index (χ1n) is 7.51. The minimum atomic E-state index is -4.07. The van der Waals surface area contributed by atoms with E-state index >= 15 is 0 Å². The third-order valence-electron chi connectivity index (χ3n) is 3.20. The molecule has 12 heteroatoms. The van der Waals surface area contributed by atoms with Gasteiger partial charge in [-0.3, -0.25) is 14.9 Å². The highest BCUT2D eigenvalue weighted by molar-refractivity contribution is 7.89. The zero-order chi connectivity index (χ0) is 19.2. The van der Waals surface area contributed by atoms with E-state index in [1.54, 1.807) is 5.38 Å². The number of nitrogens with two attached hydrogens (primary N) is 1. The Hall–Kier alpha value is -2.41. The number of nitrogens with one attached hydrogen (secondary N) is 2. The molecule has 0 unspecified atom stereocenters. The van der Waals surface area contributed by atoms with E-state index in [0.717, 1.165) is 17.1 Å². The first-order chi connectivity index (χ1) is 12.3. The lowest BCUT2D eigenvalue weighted by atomic mass is 10.3. The van der Waals surface area contributed by atoms with Gasteiger partial charge in [-0.1, -0.05) is 12.1 Å². The van der Waals surface area contributed by atoms with E-state index in [2.05, 4.69) is 15.0 Å². The number of nitro groups is 1. The highest BCUT2D eigenvalue weighted by Crippen LogP contribution is 2.22. The second-order valence-corrected chi connectivity index (χ2v) is 7.72. The number of carbonyl (C=O) groups excluding carboxylic acids is 1. The van der Waals surface area contributed by atoms with Crippen molar-refractivity contribution in [2.75, 3.05) is 19.6 Å². The molecule has 0 bridgehead atoms. The maximum Gasteiger partial charge on any atom is 0.289 e. The van der Waals surface area contributed by atoms with Crippen LogP contribution in [0.15, 0.2) is 34.5 Å². The van der Waals surface area contributed by atoms with E-state index < -0.39 is 31.4 Å². The number of hydrogen-bond acceptors (Lipinski definition) is 8. The fourth-order valence-electron chi connectivity index (χ4n) is 2.02. The lowest BCUT2D eigenvalue weighted by Gasteiger charge is -2.07. The summed E-state index contributed by atoms with van der Waals surface area (Å²) in [6, 6.07) is 5.03. The van der Waals surface area contributed by atoms with Gasteiger partial charge in [0, 0.05) is 31.0 Å². The predicted molar refractivity (Wildman–Crippen MR) is 95.5 cm³/mol. The van der Waals surface area contributed by atoms with Crippen molar-refractivity contribution in [2.24, 2.45) is 5.73 Å². The molecule has 4 N–H and O–H groups in total. The van der Waals surface area contributed by atoms with Gasteiger partial charge in [0.05, 0.1) is 9.93 Å². The van der Waals surface area contributed by atoms with Gasteiger partial charge in [-0.15, -0.1) is 11.3 Å². The first-order valence-corrected chi connectivity index (χ1v) is 9.87. The molecule has 0 saturated carbocycles. The Bertz CT molecular complexity index is 897. The normalized spacial score (nSPS) is 11.3. The Morgan fingerprint density at radius 2 is 2.04 bits per heavy atom. The number of amides is 1. The largest absolute Gasteiger partial charge is 0.349 e. The van der Waals surface area contributed by atoms with Crippen LogP contribution in [0.5, 0.6) is 0 Å². The number of rotatable bonds is 9. The first kappa shape index (κ1) is 19.9. The lowest BCUT2D eigenvalue weighted by molar-refractivity contribution is -0.387. The number of aromatic nitrogens is 1. The van der Waals surface area contributed by atoms with Gasteiger partial charge in [0.25, 0.3) is 11.6 Å². The average Bonchev–Trinajstić information content (AvgIpc) is 3.07. The number of nitrogens with zero attached hydrogens (tertiary/aromatic N) is 2. The number of benzene rings is 1. The third kappa shape index (κ3) is 5.05. The Kier molecular flexibility index (Phi) is 6.74. The summed E-state index contributed by atoms with van der Waals surface area (Å²) in [6.07, 6.45) is 0.577. The Morgan fingerprint density at radius 1 is 1.31 bits per heavy atom. The van der Waals surface area contributed by atoms with Crippen LogP contribution in [0.4, 0.5) is 5.69 Å². The monoisotopic (exact) mass is 399 g/mol. The van der Waals surface area contributed by atoms with E-state index in [9.17, 15) is 23.3 Å². The molecule has 0 aliphatic heterocycles. The number of para-hydroxylation sites is 1. The van der Waals surface area contributed by atoms with E-state index in [0.29, 0.717) is 13.0 Å². The van der Waals surface area contributed by atoms with Crippen LogP contribution in [0.1, 0.15) is 15.5 Å². The van der Waals surface area contributed by atoms with E-state index in [1.807, 2.05) is 0 Å². The molecule has 1 amide bonds. The van der Waals surface area contributed by atoms with Crippen LogP contribution in [0.25, 0.3) is 0 Å². The summed E-state index contributed by atoms with van der Waals surface area (Å²) in [5, 5.41) is 15.8. The van der Waals surface area contributed by atoms with Crippen molar-refractivity contribution in [1.29, 1.82) is 0 Å². The zero-order valence-electron chi connectivity index (χ0n) is 13.5. The number of hydrogen-bond donors (Lipinski definition) is 3. The van der Waals surface area contributed by atoms with Crippen LogP contribution in [0.3, 0.4) is 0 Å². The van der Waals surface area contributed by atoms with Crippen molar-refractivity contribution in [3.63, 3.8) is 0 Å². The van der Waals surface area contributed by atoms with E-state index in [-0.39, 0.29) is 18.8 Å². The third-order valence-corrected chi connectivity index (χ3v) is 5.61. The quantitative estimate of drug-likeness (QED) is 0.310. The summed E-state index contributed by atoms with van der Waals surface area (Å²) in [5.41, 5.74) is 5.14. The second kappa shape index (κ2) is 8.80. The molecule has 1 aromatic heterocycles. The van der Waals surface area contributed by atoms with Gasteiger partial charge in [0.1, 0.15) is 5.69 Å². The molecule has 2 aromatic rings. The molecule has 2 rings (SSSR count). The molecule has 10 nitrogen and oxygen atoms in total. The molecule has 1 heterocycles. The molecule has 0 atom stereocenters. The minimum Gasteiger partial charge on any atom is -0.349 e. The van der Waals surface area contributed by atoms with Gasteiger partial charge in [-0.25, -0.2) is 18.1 Å². The highest BCUT2D eigenvalue weighted by atomic mass is 32.2. The number of nitro benzene ring substituents is 1. The number of thiazole rings is 1. The van der Waals surface area contributed by atoms with Crippen molar-refractivity contribution < 1.29 is 18.1 Å². The minimum absolute atomic E-state index is 0.00242. The van der Waals surface area contributed by atoms with Gasteiger partial charge in [0.15, 0.2) is 4.90 Å². The van der Waals surface area contributed by atoms with Gasteiger partial charge in [-0.05, 0) is 12.6 Å². The standard InChI is InChI=1S/C14H17N5O5S2/c15-6-5-13-18-10(9-25-13)14(20)16-7-8-17-26(23,24)12-4-2-1-3-11(12)19(21)22/h1-4,9,17H,5-8,15H2,(H,16,20). The van der Waals surface area contributed by atoms with Crippen LogP contribution in [-0.2, 0) is 16.4 Å². The Labute approximate surface area is 153 Å². The topological polar surface area (TPSA) is 157 Å². The maximum atomic E-state index is 12.2. The SMILES string of the molecule is NCCc1nc(C(=O)NCCNS(=O)(=O)c2ccccc2[N+](=O)[O-])cs1. The van der Waals surface area contributed by atoms with Gasteiger partial charge in [0.2, 0.25) is 10.0 Å². The van der Waals surface area contributed by atoms with Crippen molar-refractivity contribution in [1.82, 2.24) is 15.0 Å². The summed E-state index contributed by atoms with van der Waals surface area (Å²) in [7, 11) is -4.07. The Balaban J connectivity index is 1.90. The highest BCUT2D eigenvalue weighted by Gasteiger charge is 2.24. The number of carbonyl (C=O) groups is 1. The average molecular weight is 399 g/mol. The molecule has 1 aromatic carbocycles. The van der Waals surface area contributed by atoms with Gasteiger partial charge in [-0.2, -0.15) is 0 Å². The summed E-state index contributed by atoms with van der Waals surface area (Å²) in [4.78, 5) is 25.8. The fraction of sp³-hybridized carbons (Fsp3) is 0.286. The van der Waals surface area contributed by atoms with Crippen molar-refractivity contribution in [3.8, 4) is 0 Å². The zero-order valence-corrected chi connectivity index (χ0v) is 15.2. The summed E-state index contributed by atoms with van der Waals surface area (Å²) < 4.78 is 26.6. The summed E-state index contributed by atoms with van der Waals surface area (Å²) in [5.74, 6) is -0.436. The predicted octanol–water partition coefficient (Wildman–Crippen LogP) is 0.261. The lowest BCUT2D eigenvalue weighted by Crippen LogP contribution is -2.35. The van der Waals surface area contributed by atoms with Crippen LogP contribution in [0.2, 0.25) is 0 Å².